The molecule has 1 atom stereocenters. The van der Waals surface area contributed by atoms with E-state index in [1.807, 2.05) is 6.92 Å². The molecular formula is C13H20FNO3. The number of aliphatic hydroxyl groups excluding tert-OH is 1. The molecule has 5 heteroatoms. The number of halogens is 1. The highest BCUT2D eigenvalue weighted by molar-refractivity contribution is 5.43. The second-order valence-electron chi connectivity index (χ2n) is 3.82. The van der Waals surface area contributed by atoms with Crippen LogP contribution in [0.4, 0.5) is 10.1 Å². The molecule has 18 heavy (non-hydrogen) atoms. The zero-order valence-electron chi connectivity index (χ0n) is 10.6. The van der Waals surface area contributed by atoms with E-state index < -0.39 is 6.10 Å². The average molecular weight is 257 g/mol. The second kappa shape index (κ2) is 8.85. The quantitative estimate of drug-likeness (QED) is 0.660. The van der Waals surface area contributed by atoms with E-state index >= 15 is 0 Å². The van der Waals surface area contributed by atoms with E-state index in [4.69, 9.17) is 9.47 Å². The highest BCUT2D eigenvalue weighted by atomic mass is 19.1. The first kappa shape index (κ1) is 14.9. The molecular weight excluding hydrogens is 237 g/mol. The van der Waals surface area contributed by atoms with Gasteiger partial charge in [-0.3, -0.25) is 0 Å². The standard InChI is InChI=1S/C13H20FNO3/c1-2-17-6-7-18-10-13(16)9-15-12-5-3-4-11(14)8-12/h3-5,8,13,15-16H,2,6-7,9-10H2,1H3. The summed E-state index contributed by atoms with van der Waals surface area (Å²) in [4.78, 5) is 0. The van der Waals surface area contributed by atoms with Crippen LogP contribution in [-0.2, 0) is 9.47 Å². The molecule has 102 valence electrons. The number of anilines is 1. The van der Waals surface area contributed by atoms with Gasteiger partial charge in [0.1, 0.15) is 5.82 Å². The van der Waals surface area contributed by atoms with Gasteiger partial charge in [-0.25, -0.2) is 4.39 Å². The van der Waals surface area contributed by atoms with Crippen LogP contribution < -0.4 is 5.32 Å². The second-order valence-corrected chi connectivity index (χ2v) is 3.82. The number of nitrogens with one attached hydrogen (secondary N) is 1. The lowest BCUT2D eigenvalue weighted by Gasteiger charge is -2.13. The third kappa shape index (κ3) is 6.54. The number of benzene rings is 1. The van der Waals surface area contributed by atoms with Crippen molar-refractivity contribution in [3.63, 3.8) is 0 Å². The maximum absolute atomic E-state index is 12.9. The summed E-state index contributed by atoms with van der Waals surface area (Å²) in [6, 6.07) is 6.11. The van der Waals surface area contributed by atoms with Gasteiger partial charge in [-0.1, -0.05) is 6.07 Å². The first-order chi connectivity index (χ1) is 8.72. The number of hydrogen-bond donors (Lipinski definition) is 2. The molecule has 1 unspecified atom stereocenters. The molecule has 0 bridgehead atoms. The van der Waals surface area contributed by atoms with Crippen molar-refractivity contribution < 1.29 is 19.0 Å². The SMILES string of the molecule is CCOCCOCC(O)CNc1cccc(F)c1. The van der Waals surface area contributed by atoms with Crippen LogP contribution in [0.5, 0.6) is 0 Å². The van der Waals surface area contributed by atoms with Crippen molar-refractivity contribution in [1.82, 2.24) is 0 Å². The minimum atomic E-state index is -0.630. The van der Waals surface area contributed by atoms with Gasteiger partial charge in [0.2, 0.25) is 0 Å². The van der Waals surface area contributed by atoms with E-state index in [2.05, 4.69) is 5.32 Å². The lowest BCUT2D eigenvalue weighted by molar-refractivity contribution is 0.0103. The minimum Gasteiger partial charge on any atom is -0.389 e. The lowest BCUT2D eigenvalue weighted by atomic mass is 10.3. The van der Waals surface area contributed by atoms with Crippen LogP contribution >= 0.6 is 0 Å². The Bertz CT molecular complexity index is 336. The predicted molar refractivity (Wildman–Crippen MR) is 68.2 cm³/mol. The fourth-order valence-corrected chi connectivity index (χ4v) is 1.37. The molecule has 0 heterocycles. The molecule has 2 N–H and O–H groups in total. The van der Waals surface area contributed by atoms with Crippen molar-refractivity contribution in [3.8, 4) is 0 Å². The van der Waals surface area contributed by atoms with Gasteiger partial charge in [0, 0.05) is 18.8 Å². The van der Waals surface area contributed by atoms with Crippen LogP contribution in [0.3, 0.4) is 0 Å². The van der Waals surface area contributed by atoms with E-state index in [1.165, 1.54) is 12.1 Å². The average Bonchev–Trinajstić information content (AvgIpc) is 2.36. The summed E-state index contributed by atoms with van der Waals surface area (Å²) in [5.41, 5.74) is 0.642. The largest absolute Gasteiger partial charge is 0.389 e. The third-order valence-corrected chi connectivity index (χ3v) is 2.25. The summed E-state index contributed by atoms with van der Waals surface area (Å²) in [6.07, 6.45) is -0.630. The van der Waals surface area contributed by atoms with Crippen LogP contribution in [-0.4, -0.2) is 44.2 Å². The molecule has 4 nitrogen and oxygen atoms in total. The number of rotatable bonds is 9. The van der Waals surface area contributed by atoms with Crippen molar-refractivity contribution >= 4 is 5.69 Å². The topological polar surface area (TPSA) is 50.7 Å². The van der Waals surface area contributed by atoms with Crippen molar-refractivity contribution in [3.05, 3.63) is 30.1 Å². The fraction of sp³-hybridized carbons (Fsp3) is 0.538. The van der Waals surface area contributed by atoms with Crippen LogP contribution in [0.15, 0.2) is 24.3 Å². The van der Waals surface area contributed by atoms with E-state index in [9.17, 15) is 9.50 Å². The van der Waals surface area contributed by atoms with Crippen LogP contribution in [0.2, 0.25) is 0 Å². The predicted octanol–water partition coefficient (Wildman–Crippen LogP) is 1.65. The summed E-state index contributed by atoms with van der Waals surface area (Å²) >= 11 is 0. The van der Waals surface area contributed by atoms with E-state index in [1.54, 1.807) is 12.1 Å². The Balaban J connectivity index is 2.11. The van der Waals surface area contributed by atoms with Crippen molar-refractivity contribution in [2.45, 2.75) is 13.0 Å². The Morgan fingerprint density at radius 1 is 1.33 bits per heavy atom. The molecule has 0 aliphatic carbocycles. The molecule has 0 amide bonds. The Hall–Kier alpha value is -1.17. The molecule has 0 saturated carbocycles. The van der Waals surface area contributed by atoms with Crippen molar-refractivity contribution in [1.29, 1.82) is 0 Å². The van der Waals surface area contributed by atoms with Gasteiger partial charge in [0.15, 0.2) is 0 Å². The maximum Gasteiger partial charge on any atom is 0.125 e. The summed E-state index contributed by atoms with van der Waals surface area (Å²) < 4.78 is 23.2. The zero-order chi connectivity index (χ0) is 13.2. The van der Waals surface area contributed by atoms with Crippen LogP contribution in [0, 0.1) is 5.82 Å². The van der Waals surface area contributed by atoms with E-state index in [0.717, 1.165) is 0 Å². The summed E-state index contributed by atoms with van der Waals surface area (Å²) in [6.45, 7) is 4.11. The summed E-state index contributed by atoms with van der Waals surface area (Å²) in [7, 11) is 0. The van der Waals surface area contributed by atoms with Crippen LogP contribution in [0.1, 0.15) is 6.92 Å². The molecule has 0 spiro atoms. The lowest BCUT2D eigenvalue weighted by Crippen LogP contribution is -2.25. The molecule has 0 aliphatic rings. The Kier molecular flexibility index (Phi) is 7.32. The fourth-order valence-electron chi connectivity index (χ4n) is 1.37. The van der Waals surface area contributed by atoms with Crippen molar-refractivity contribution in [2.75, 3.05) is 38.3 Å². The van der Waals surface area contributed by atoms with Gasteiger partial charge in [-0.15, -0.1) is 0 Å². The minimum absolute atomic E-state index is 0.232. The maximum atomic E-state index is 12.9. The van der Waals surface area contributed by atoms with Gasteiger partial charge in [0.25, 0.3) is 0 Å². The Morgan fingerprint density at radius 2 is 2.11 bits per heavy atom. The third-order valence-electron chi connectivity index (χ3n) is 2.25. The molecule has 1 aromatic carbocycles. The van der Waals surface area contributed by atoms with Gasteiger partial charge in [-0.2, -0.15) is 0 Å². The molecule has 1 rings (SSSR count). The zero-order valence-corrected chi connectivity index (χ0v) is 10.6. The summed E-state index contributed by atoms with van der Waals surface area (Å²) in [5, 5.41) is 12.6. The number of hydrogen-bond acceptors (Lipinski definition) is 4. The van der Waals surface area contributed by atoms with Gasteiger partial charge in [0.05, 0.1) is 25.9 Å². The number of aliphatic hydroxyl groups is 1. The van der Waals surface area contributed by atoms with E-state index in [0.29, 0.717) is 32.1 Å². The monoisotopic (exact) mass is 257 g/mol. The Labute approximate surface area is 107 Å². The highest BCUT2D eigenvalue weighted by Gasteiger charge is 2.04. The normalized spacial score (nSPS) is 12.4. The molecule has 0 radical (unpaired) electrons. The first-order valence-corrected chi connectivity index (χ1v) is 6.05. The van der Waals surface area contributed by atoms with Crippen LogP contribution in [0.25, 0.3) is 0 Å². The van der Waals surface area contributed by atoms with Gasteiger partial charge < -0.3 is 19.9 Å². The highest BCUT2D eigenvalue weighted by Crippen LogP contribution is 2.08. The van der Waals surface area contributed by atoms with E-state index in [-0.39, 0.29) is 12.4 Å². The number of ether oxygens (including phenoxy) is 2. The van der Waals surface area contributed by atoms with Crippen molar-refractivity contribution in [2.24, 2.45) is 0 Å². The van der Waals surface area contributed by atoms with Gasteiger partial charge >= 0.3 is 0 Å². The van der Waals surface area contributed by atoms with Gasteiger partial charge in [-0.05, 0) is 25.1 Å². The Morgan fingerprint density at radius 3 is 2.83 bits per heavy atom. The smallest absolute Gasteiger partial charge is 0.125 e. The molecule has 0 fully saturated rings. The molecule has 0 saturated heterocycles. The summed E-state index contributed by atoms with van der Waals surface area (Å²) in [5.74, 6) is -0.303. The first-order valence-electron chi connectivity index (χ1n) is 6.05. The molecule has 0 aromatic heterocycles. The molecule has 0 aliphatic heterocycles. The molecule has 1 aromatic rings.